The molecule has 0 aliphatic heterocycles. The molecular weight excluding hydrogens is 255 g/mol. The van der Waals surface area contributed by atoms with Crippen LogP contribution in [0.5, 0.6) is 0 Å². The highest BCUT2D eigenvalue weighted by Crippen LogP contribution is 2.30. The van der Waals surface area contributed by atoms with Crippen LogP contribution in [-0.4, -0.2) is 18.5 Å². The third-order valence-electron chi connectivity index (χ3n) is 3.44. The van der Waals surface area contributed by atoms with E-state index in [1.807, 2.05) is 0 Å². The first-order valence-electron chi connectivity index (χ1n) is 5.85. The number of halogens is 2. The maximum Gasteiger partial charge on any atom is 0.246 e. The van der Waals surface area contributed by atoms with E-state index in [0.717, 1.165) is 25.7 Å². The highest BCUT2D eigenvalue weighted by molar-refractivity contribution is 5.99. The number of hydrogen-bond acceptors (Lipinski definition) is 2. The van der Waals surface area contributed by atoms with E-state index in [4.69, 9.17) is 5.73 Å². The number of benzene rings is 1. The van der Waals surface area contributed by atoms with Crippen LogP contribution in [0.4, 0.5) is 10.1 Å². The quantitative estimate of drug-likeness (QED) is 0.899. The summed E-state index contributed by atoms with van der Waals surface area (Å²) in [6.07, 6.45) is 3.47. The fourth-order valence-electron chi connectivity index (χ4n) is 2.34. The van der Waals surface area contributed by atoms with E-state index in [2.05, 4.69) is 0 Å². The van der Waals surface area contributed by atoms with Gasteiger partial charge in [0.1, 0.15) is 5.82 Å². The van der Waals surface area contributed by atoms with Crippen LogP contribution in [-0.2, 0) is 4.79 Å². The highest BCUT2D eigenvalue weighted by atomic mass is 35.5. The van der Waals surface area contributed by atoms with Gasteiger partial charge in [-0.3, -0.25) is 4.79 Å². The van der Waals surface area contributed by atoms with Crippen LogP contribution in [0.25, 0.3) is 0 Å². The monoisotopic (exact) mass is 272 g/mol. The number of likely N-dealkylation sites (N-methyl/N-ethyl adjacent to an activating group) is 1. The largest absolute Gasteiger partial charge is 0.317 e. The topological polar surface area (TPSA) is 46.3 Å². The molecule has 1 aliphatic rings. The average molecular weight is 273 g/mol. The Labute approximate surface area is 113 Å². The van der Waals surface area contributed by atoms with Crippen molar-refractivity contribution in [1.29, 1.82) is 0 Å². The third kappa shape index (κ3) is 2.82. The molecule has 2 N–H and O–H groups in total. The molecule has 0 aromatic heterocycles. The molecule has 1 saturated carbocycles. The summed E-state index contributed by atoms with van der Waals surface area (Å²) in [5, 5.41) is 0. The molecule has 0 spiro atoms. The summed E-state index contributed by atoms with van der Waals surface area (Å²) in [5.41, 5.74) is 6.05. The van der Waals surface area contributed by atoms with Gasteiger partial charge in [-0.25, -0.2) is 4.39 Å². The summed E-state index contributed by atoms with van der Waals surface area (Å²) in [7, 11) is 1.68. The molecule has 2 rings (SSSR count). The molecule has 0 bridgehead atoms. The van der Waals surface area contributed by atoms with Crippen molar-refractivity contribution in [2.24, 2.45) is 5.73 Å². The molecule has 100 valence electrons. The van der Waals surface area contributed by atoms with Gasteiger partial charge in [0.2, 0.25) is 5.91 Å². The molecule has 0 heterocycles. The SMILES string of the molecule is CN(C(=O)C1(N)CCCC1)c1ccc(F)cc1.Cl. The number of nitrogens with zero attached hydrogens (tertiary/aromatic N) is 1. The van der Waals surface area contributed by atoms with Crippen molar-refractivity contribution >= 4 is 24.0 Å². The summed E-state index contributed by atoms with van der Waals surface area (Å²) in [4.78, 5) is 13.8. The van der Waals surface area contributed by atoms with Gasteiger partial charge in [0.05, 0.1) is 5.54 Å². The molecule has 18 heavy (non-hydrogen) atoms. The number of hydrogen-bond donors (Lipinski definition) is 1. The van der Waals surface area contributed by atoms with E-state index >= 15 is 0 Å². The van der Waals surface area contributed by atoms with Gasteiger partial charge in [0.25, 0.3) is 0 Å². The Hall–Kier alpha value is -1.13. The zero-order chi connectivity index (χ0) is 12.5. The van der Waals surface area contributed by atoms with Gasteiger partial charge < -0.3 is 10.6 Å². The second-order valence-corrected chi connectivity index (χ2v) is 4.70. The first kappa shape index (κ1) is 14.9. The Morgan fingerprint density at radius 1 is 1.28 bits per heavy atom. The second-order valence-electron chi connectivity index (χ2n) is 4.70. The molecule has 3 nitrogen and oxygen atoms in total. The molecule has 0 unspecified atom stereocenters. The molecular formula is C13H18ClFN2O. The predicted octanol–water partition coefficient (Wildman–Crippen LogP) is 2.48. The molecule has 1 amide bonds. The zero-order valence-electron chi connectivity index (χ0n) is 10.4. The lowest BCUT2D eigenvalue weighted by atomic mass is 9.97. The van der Waals surface area contributed by atoms with Crippen LogP contribution in [0.15, 0.2) is 24.3 Å². The molecule has 1 aliphatic carbocycles. The van der Waals surface area contributed by atoms with E-state index < -0.39 is 5.54 Å². The normalized spacial score (nSPS) is 17.1. The van der Waals surface area contributed by atoms with Crippen LogP contribution >= 0.6 is 12.4 Å². The number of carbonyl (C=O) groups is 1. The summed E-state index contributed by atoms with van der Waals surface area (Å²) in [6.45, 7) is 0. The minimum Gasteiger partial charge on any atom is -0.317 e. The Bertz CT molecular complexity index is 416. The Morgan fingerprint density at radius 2 is 1.78 bits per heavy atom. The Balaban J connectivity index is 0.00000162. The molecule has 1 fully saturated rings. The van der Waals surface area contributed by atoms with Gasteiger partial charge in [-0.15, -0.1) is 12.4 Å². The predicted molar refractivity (Wildman–Crippen MR) is 72.4 cm³/mol. The lowest BCUT2D eigenvalue weighted by Gasteiger charge is -2.28. The van der Waals surface area contributed by atoms with Crippen molar-refractivity contribution in [3.8, 4) is 0 Å². The maximum atomic E-state index is 12.8. The summed E-state index contributed by atoms with van der Waals surface area (Å²) in [6, 6.07) is 5.87. The minimum atomic E-state index is -0.733. The van der Waals surface area contributed by atoms with Gasteiger partial charge in [-0.2, -0.15) is 0 Å². The van der Waals surface area contributed by atoms with Crippen LogP contribution in [0.3, 0.4) is 0 Å². The van der Waals surface area contributed by atoms with E-state index in [9.17, 15) is 9.18 Å². The lowest BCUT2D eigenvalue weighted by Crippen LogP contribution is -2.52. The van der Waals surface area contributed by atoms with Crippen LogP contribution in [0.1, 0.15) is 25.7 Å². The van der Waals surface area contributed by atoms with E-state index in [1.165, 1.54) is 17.0 Å². The molecule has 5 heteroatoms. The van der Waals surface area contributed by atoms with Crippen molar-refractivity contribution in [2.45, 2.75) is 31.2 Å². The smallest absolute Gasteiger partial charge is 0.246 e. The number of anilines is 1. The maximum absolute atomic E-state index is 12.8. The van der Waals surface area contributed by atoms with Crippen molar-refractivity contribution in [1.82, 2.24) is 0 Å². The van der Waals surface area contributed by atoms with E-state index in [1.54, 1.807) is 19.2 Å². The van der Waals surface area contributed by atoms with Gasteiger partial charge in [0, 0.05) is 12.7 Å². The third-order valence-corrected chi connectivity index (χ3v) is 3.44. The standard InChI is InChI=1S/C13H17FN2O.ClH/c1-16(11-6-4-10(14)5-7-11)12(17)13(15)8-2-3-9-13;/h4-7H,2-3,8-9,15H2,1H3;1H. The van der Waals surface area contributed by atoms with Crippen LogP contribution < -0.4 is 10.6 Å². The van der Waals surface area contributed by atoms with Crippen molar-refractivity contribution < 1.29 is 9.18 Å². The number of rotatable bonds is 2. The van der Waals surface area contributed by atoms with Crippen molar-refractivity contribution in [3.63, 3.8) is 0 Å². The summed E-state index contributed by atoms with van der Waals surface area (Å²) >= 11 is 0. The number of nitrogens with two attached hydrogens (primary N) is 1. The first-order valence-corrected chi connectivity index (χ1v) is 5.85. The van der Waals surface area contributed by atoms with E-state index in [-0.39, 0.29) is 24.1 Å². The highest BCUT2D eigenvalue weighted by Gasteiger charge is 2.39. The zero-order valence-corrected chi connectivity index (χ0v) is 11.2. The van der Waals surface area contributed by atoms with Gasteiger partial charge in [0.15, 0.2) is 0 Å². The van der Waals surface area contributed by atoms with Crippen molar-refractivity contribution in [2.75, 3.05) is 11.9 Å². The molecule has 0 saturated heterocycles. The fraction of sp³-hybridized carbons (Fsp3) is 0.462. The average Bonchev–Trinajstić information content (AvgIpc) is 2.76. The van der Waals surface area contributed by atoms with Crippen LogP contribution in [0.2, 0.25) is 0 Å². The fourth-order valence-corrected chi connectivity index (χ4v) is 2.34. The Morgan fingerprint density at radius 3 is 2.28 bits per heavy atom. The van der Waals surface area contributed by atoms with Crippen LogP contribution in [0, 0.1) is 5.82 Å². The number of amides is 1. The molecule has 1 aromatic carbocycles. The van der Waals surface area contributed by atoms with Gasteiger partial charge in [-0.05, 0) is 37.1 Å². The molecule has 0 atom stereocenters. The summed E-state index contributed by atoms with van der Waals surface area (Å²) in [5.74, 6) is -0.389. The minimum absolute atomic E-state index is 0. The second kappa shape index (κ2) is 5.67. The van der Waals surface area contributed by atoms with Crippen molar-refractivity contribution in [3.05, 3.63) is 30.1 Å². The van der Waals surface area contributed by atoms with Gasteiger partial charge in [-0.1, -0.05) is 12.8 Å². The first-order chi connectivity index (χ1) is 8.03. The number of carbonyl (C=O) groups excluding carboxylic acids is 1. The molecule has 1 aromatic rings. The summed E-state index contributed by atoms with van der Waals surface area (Å²) < 4.78 is 12.8. The van der Waals surface area contributed by atoms with Gasteiger partial charge >= 0.3 is 0 Å². The Kier molecular flexibility index (Phi) is 4.71. The molecule has 0 radical (unpaired) electrons. The van der Waals surface area contributed by atoms with E-state index in [0.29, 0.717) is 5.69 Å². The lowest BCUT2D eigenvalue weighted by molar-refractivity contribution is -0.123.